The summed E-state index contributed by atoms with van der Waals surface area (Å²) in [4.78, 5) is 17.2. The summed E-state index contributed by atoms with van der Waals surface area (Å²) in [6.07, 6.45) is 3.93. The SMILES string of the molecule is C[C@@H](NC(=O)c1ccc2nc(-n3cccc3)sc2c1)c1ccccc1. The Kier molecular flexibility index (Phi) is 4.07. The maximum absolute atomic E-state index is 12.6. The molecule has 124 valence electrons. The smallest absolute Gasteiger partial charge is 0.251 e. The largest absolute Gasteiger partial charge is 0.346 e. The maximum Gasteiger partial charge on any atom is 0.251 e. The number of hydrogen-bond acceptors (Lipinski definition) is 3. The predicted octanol–water partition coefficient (Wildman–Crippen LogP) is 4.58. The van der Waals surface area contributed by atoms with E-state index in [1.54, 1.807) is 11.3 Å². The molecule has 1 atom stereocenters. The topological polar surface area (TPSA) is 46.9 Å². The van der Waals surface area contributed by atoms with Crippen molar-refractivity contribution in [3.8, 4) is 5.13 Å². The molecule has 0 aliphatic rings. The number of thiazole rings is 1. The monoisotopic (exact) mass is 347 g/mol. The van der Waals surface area contributed by atoms with Crippen LogP contribution in [0.5, 0.6) is 0 Å². The molecule has 0 bridgehead atoms. The van der Waals surface area contributed by atoms with Crippen LogP contribution in [0.2, 0.25) is 0 Å². The Labute approximate surface area is 149 Å². The van der Waals surface area contributed by atoms with Crippen LogP contribution in [-0.4, -0.2) is 15.5 Å². The van der Waals surface area contributed by atoms with E-state index in [-0.39, 0.29) is 11.9 Å². The van der Waals surface area contributed by atoms with Gasteiger partial charge in [-0.25, -0.2) is 4.98 Å². The zero-order chi connectivity index (χ0) is 17.2. The van der Waals surface area contributed by atoms with Crippen LogP contribution in [0.25, 0.3) is 15.3 Å². The van der Waals surface area contributed by atoms with Crippen molar-refractivity contribution in [1.29, 1.82) is 0 Å². The van der Waals surface area contributed by atoms with Gasteiger partial charge in [0.1, 0.15) is 0 Å². The Hall–Kier alpha value is -2.92. The number of hydrogen-bond donors (Lipinski definition) is 1. The lowest BCUT2D eigenvalue weighted by atomic mass is 10.1. The number of rotatable bonds is 4. The third kappa shape index (κ3) is 3.19. The molecule has 25 heavy (non-hydrogen) atoms. The van der Waals surface area contributed by atoms with Gasteiger partial charge in [-0.05, 0) is 42.8 Å². The summed E-state index contributed by atoms with van der Waals surface area (Å²) in [7, 11) is 0. The maximum atomic E-state index is 12.6. The van der Waals surface area contributed by atoms with E-state index in [1.165, 1.54) is 0 Å². The van der Waals surface area contributed by atoms with E-state index in [0.717, 1.165) is 20.9 Å². The molecule has 5 heteroatoms. The number of carbonyl (C=O) groups excluding carboxylic acids is 1. The van der Waals surface area contributed by atoms with Crippen molar-refractivity contribution >= 4 is 27.5 Å². The summed E-state index contributed by atoms with van der Waals surface area (Å²) in [5.74, 6) is -0.0748. The van der Waals surface area contributed by atoms with E-state index in [1.807, 2.05) is 84.5 Å². The van der Waals surface area contributed by atoms with E-state index in [0.29, 0.717) is 5.56 Å². The molecular weight excluding hydrogens is 330 g/mol. The highest BCUT2D eigenvalue weighted by Gasteiger charge is 2.13. The van der Waals surface area contributed by atoms with E-state index >= 15 is 0 Å². The van der Waals surface area contributed by atoms with Gasteiger partial charge < -0.3 is 9.88 Å². The lowest BCUT2D eigenvalue weighted by Crippen LogP contribution is -2.26. The Balaban J connectivity index is 1.57. The van der Waals surface area contributed by atoms with E-state index < -0.39 is 0 Å². The molecule has 0 unspecified atom stereocenters. The van der Waals surface area contributed by atoms with Crippen molar-refractivity contribution in [2.24, 2.45) is 0 Å². The second-order valence-electron chi connectivity index (χ2n) is 5.88. The normalized spacial score (nSPS) is 12.2. The molecule has 0 saturated heterocycles. The van der Waals surface area contributed by atoms with E-state index in [4.69, 9.17) is 0 Å². The predicted molar refractivity (Wildman–Crippen MR) is 101 cm³/mol. The summed E-state index contributed by atoms with van der Waals surface area (Å²) in [5, 5.41) is 3.95. The Morgan fingerprint density at radius 1 is 1.08 bits per heavy atom. The summed E-state index contributed by atoms with van der Waals surface area (Å²) >= 11 is 1.57. The van der Waals surface area contributed by atoms with Crippen molar-refractivity contribution in [3.63, 3.8) is 0 Å². The highest BCUT2D eigenvalue weighted by atomic mass is 32.1. The standard InChI is InChI=1S/C20H17N3OS/c1-14(15-7-3-2-4-8-15)21-19(24)16-9-10-17-18(13-16)25-20(22-17)23-11-5-6-12-23/h2-14H,1H3,(H,21,24)/t14-/m1/s1. The summed E-state index contributed by atoms with van der Waals surface area (Å²) in [5.41, 5.74) is 2.64. The van der Waals surface area contributed by atoms with Crippen LogP contribution in [0.3, 0.4) is 0 Å². The summed E-state index contributed by atoms with van der Waals surface area (Å²) in [6.45, 7) is 1.99. The Bertz CT molecular complexity index is 1010. The van der Waals surface area contributed by atoms with Crippen LogP contribution in [-0.2, 0) is 0 Å². The van der Waals surface area contributed by atoms with Crippen LogP contribution >= 0.6 is 11.3 Å². The fraction of sp³-hybridized carbons (Fsp3) is 0.100. The number of fused-ring (bicyclic) bond motifs is 1. The minimum Gasteiger partial charge on any atom is -0.346 e. The molecule has 0 radical (unpaired) electrons. The average molecular weight is 347 g/mol. The van der Waals surface area contributed by atoms with E-state index in [2.05, 4.69) is 10.3 Å². The van der Waals surface area contributed by atoms with Gasteiger partial charge in [-0.15, -0.1) is 0 Å². The number of nitrogens with one attached hydrogen (secondary N) is 1. The third-order valence-electron chi connectivity index (χ3n) is 4.11. The minimum absolute atomic E-state index is 0.0405. The second-order valence-corrected chi connectivity index (χ2v) is 6.88. The van der Waals surface area contributed by atoms with Crippen molar-refractivity contribution in [1.82, 2.24) is 14.9 Å². The van der Waals surface area contributed by atoms with Gasteiger partial charge in [0.25, 0.3) is 5.91 Å². The van der Waals surface area contributed by atoms with Crippen molar-refractivity contribution in [2.45, 2.75) is 13.0 Å². The fourth-order valence-electron chi connectivity index (χ4n) is 2.73. The number of benzene rings is 2. The summed E-state index contributed by atoms with van der Waals surface area (Å²) < 4.78 is 2.98. The third-order valence-corrected chi connectivity index (χ3v) is 5.14. The van der Waals surface area contributed by atoms with Gasteiger partial charge in [0, 0.05) is 18.0 Å². The molecule has 0 fully saturated rings. The molecule has 4 rings (SSSR count). The molecule has 1 amide bonds. The number of nitrogens with zero attached hydrogens (tertiary/aromatic N) is 2. The van der Waals surface area contributed by atoms with Gasteiger partial charge in [0.15, 0.2) is 5.13 Å². The number of aromatic nitrogens is 2. The van der Waals surface area contributed by atoms with Crippen molar-refractivity contribution in [2.75, 3.05) is 0 Å². The quantitative estimate of drug-likeness (QED) is 0.587. The molecule has 0 saturated carbocycles. The van der Waals surface area contributed by atoms with Crippen LogP contribution in [0.4, 0.5) is 0 Å². The highest BCUT2D eigenvalue weighted by Crippen LogP contribution is 2.26. The first-order chi connectivity index (χ1) is 12.2. The second kappa shape index (κ2) is 6.53. The number of carbonyl (C=O) groups is 1. The molecule has 0 spiro atoms. The molecule has 0 aliphatic carbocycles. The van der Waals surface area contributed by atoms with Crippen LogP contribution in [0.15, 0.2) is 73.1 Å². The van der Waals surface area contributed by atoms with Gasteiger partial charge in [0.05, 0.1) is 16.3 Å². The zero-order valence-corrected chi connectivity index (χ0v) is 14.5. The van der Waals surface area contributed by atoms with Gasteiger partial charge in [-0.3, -0.25) is 4.79 Å². The van der Waals surface area contributed by atoms with Gasteiger partial charge in [-0.2, -0.15) is 0 Å². The zero-order valence-electron chi connectivity index (χ0n) is 13.7. The first kappa shape index (κ1) is 15.6. The van der Waals surface area contributed by atoms with Gasteiger partial charge in [0.2, 0.25) is 0 Å². The molecule has 4 nitrogen and oxygen atoms in total. The molecule has 2 heterocycles. The van der Waals surface area contributed by atoms with Crippen LogP contribution < -0.4 is 5.32 Å². The van der Waals surface area contributed by atoms with Crippen molar-refractivity contribution < 1.29 is 4.79 Å². The average Bonchev–Trinajstić information content (AvgIpc) is 3.31. The molecular formula is C20H17N3OS. The Morgan fingerprint density at radius 3 is 2.60 bits per heavy atom. The molecule has 1 N–H and O–H groups in total. The van der Waals surface area contributed by atoms with Crippen LogP contribution in [0, 0.1) is 0 Å². The fourth-order valence-corrected chi connectivity index (χ4v) is 3.70. The molecule has 0 aliphatic heterocycles. The lowest BCUT2D eigenvalue weighted by molar-refractivity contribution is 0.0940. The minimum atomic E-state index is -0.0748. The molecule has 2 aromatic carbocycles. The molecule has 2 aromatic heterocycles. The van der Waals surface area contributed by atoms with Gasteiger partial charge in [-0.1, -0.05) is 41.7 Å². The summed E-state index contributed by atoms with van der Waals surface area (Å²) in [6, 6.07) is 19.5. The lowest BCUT2D eigenvalue weighted by Gasteiger charge is -2.14. The number of amides is 1. The Morgan fingerprint density at radius 2 is 1.84 bits per heavy atom. The highest BCUT2D eigenvalue weighted by molar-refractivity contribution is 7.20. The first-order valence-electron chi connectivity index (χ1n) is 8.10. The van der Waals surface area contributed by atoms with Crippen LogP contribution in [0.1, 0.15) is 28.9 Å². The van der Waals surface area contributed by atoms with Crippen molar-refractivity contribution in [3.05, 3.63) is 84.2 Å². The first-order valence-corrected chi connectivity index (χ1v) is 8.92. The van der Waals surface area contributed by atoms with E-state index in [9.17, 15) is 4.79 Å². The van der Waals surface area contributed by atoms with Gasteiger partial charge >= 0.3 is 0 Å². The molecule has 4 aromatic rings.